The Morgan fingerprint density at radius 1 is 1.35 bits per heavy atom. The molecule has 2 heterocycles. The molecule has 2 fully saturated rings. The van der Waals surface area contributed by atoms with E-state index in [0.29, 0.717) is 6.04 Å². The molecular weight excluding hydrogens is 240 g/mol. The summed E-state index contributed by atoms with van der Waals surface area (Å²) in [6, 6.07) is 0.167. The molecule has 0 aromatic heterocycles. The molecule has 0 aromatic carbocycles. The zero-order valence-electron chi connectivity index (χ0n) is 10.3. The molecule has 0 bridgehead atoms. The minimum atomic E-state index is -3.04. The predicted octanol–water partition coefficient (Wildman–Crippen LogP) is -0.782. The number of rotatable bonds is 3. The van der Waals surface area contributed by atoms with Gasteiger partial charge in [-0.2, -0.15) is 0 Å². The van der Waals surface area contributed by atoms with Gasteiger partial charge in [0.1, 0.15) is 0 Å². The Hall–Kier alpha value is -0.170. The minimum absolute atomic E-state index is 0.0690. The number of aliphatic hydroxyl groups excluding tert-OH is 1. The van der Waals surface area contributed by atoms with E-state index >= 15 is 0 Å². The highest BCUT2D eigenvalue weighted by molar-refractivity contribution is 7.91. The first-order chi connectivity index (χ1) is 8.03. The summed E-state index contributed by atoms with van der Waals surface area (Å²) in [5, 5.41) is 13.1. The molecule has 0 saturated carbocycles. The maximum absolute atomic E-state index is 11.6. The Labute approximate surface area is 103 Å². The fourth-order valence-corrected chi connectivity index (χ4v) is 4.85. The molecule has 5 nitrogen and oxygen atoms in total. The summed E-state index contributed by atoms with van der Waals surface area (Å²) >= 11 is 0. The third-order valence-electron chi connectivity index (χ3n) is 3.83. The molecule has 3 unspecified atom stereocenters. The van der Waals surface area contributed by atoms with Crippen molar-refractivity contribution in [3.05, 3.63) is 0 Å². The SMILES string of the molecule is CNCC1CCCCN1C1CS(=O)(=O)CC1O. The van der Waals surface area contributed by atoms with Crippen LogP contribution in [0.4, 0.5) is 0 Å². The van der Waals surface area contributed by atoms with E-state index in [4.69, 9.17) is 0 Å². The van der Waals surface area contributed by atoms with E-state index in [2.05, 4.69) is 10.2 Å². The number of sulfone groups is 1. The van der Waals surface area contributed by atoms with Crippen molar-refractivity contribution >= 4 is 9.84 Å². The third kappa shape index (κ3) is 2.99. The number of likely N-dealkylation sites (tertiary alicyclic amines) is 1. The lowest BCUT2D eigenvalue weighted by molar-refractivity contribution is 0.0353. The lowest BCUT2D eigenvalue weighted by Gasteiger charge is -2.40. The molecule has 0 aliphatic carbocycles. The van der Waals surface area contributed by atoms with Crippen molar-refractivity contribution in [2.24, 2.45) is 0 Å². The molecule has 3 atom stereocenters. The molecule has 0 aromatic rings. The summed E-state index contributed by atoms with van der Waals surface area (Å²) in [7, 11) is -1.13. The number of hydrogen-bond donors (Lipinski definition) is 2. The smallest absolute Gasteiger partial charge is 0.154 e. The van der Waals surface area contributed by atoms with Crippen molar-refractivity contribution in [1.29, 1.82) is 0 Å². The predicted molar refractivity (Wildman–Crippen MR) is 66.7 cm³/mol. The quantitative estimate of drug-likeness (QED) is 0.698. The third-order valence-corrected chi connectivity index (χ3v) is 5.53. The molecule has 0 spiro atoms. The number of nitrogens with one attached hydrogen (secondary N) is 1. The van der Waals surface area contributed by atoms with Gasteiger partial charge in [0.25, 0.3) is 0 Å². The molecular formula is C11H22N2O3S. The lowest BCUT2D eigenvalue weighted by atomic mass is 9.98. The summed E-state index contributed by atoms with van der Waals surface area (Å²) in [6.45, 7) is 1.77. The van der Waals surface area contributed by atoms with E-state index < -0.39 is 15.9 Å². The first-order valence-electron chi connectivity index (χ1n) is 6.32. The van der Waals surface area contributed by atoms with Gasteiger partial charge in [-0.05, 0) is 26.4 Å². The van der Waals surface area contributed by atoms with Crippen LogP contribution in [-0.4, -0.2) is 68.3 Å². The summed E-state index contributed by atoms with van der Waals surface area (Å²) in [4.78, 5) is 2.20. The van der Waals surface area contributed by atoms with Gasteiger partial charge in [-0.25, -0.2) is 8.42 Å². The maximum atomic E-state index is 11.6. The van der Waals surface area contributed by atoms with E-state index in [0.717, 1.165) is 25.9 Å². The fourth-order valence-electron chi connectivity index (χ4n) is 3.04. The van der Waals surface area contributed by atoms with Gasteiger partial charge in [0, 0.05) is 12.6 Å². The lowest BCUT2D eigenvalue weighted by Crippen LogP contribution is -2.53. The Balaban J connectivity index is 2.09. The first kappa shape index (κ1) is 13.3. The average Bonchev–Trinajstić information content (AvgIpc) is 2.53. The molecule has 100 valence electrons. The van der Waals surface area contributed by atoms with Crippen molar-refractivity contribution in [2.45, 2.75) is 37.5 Å². The van der Waals surface area contributed by atoms with Gasteiger partial charge in [0.15, 0.2) is 9.84 Å². The summed E-state index contributed by atoms with van der Waals surface area (Å²) in [5.74, 6) is 0.0504. The molecule has 17 heavy (non-hydrogen) atoms. The maximum Gasteiger partial charge on any atom is 0.154 e. The summed E-state index contributed by atoms with van der Waals surface area (Å²) in [6.07, 6.45) is 2.67. The first-order valence-corrected chi connectivity index (χ1v) is 8.14. The fraction of sp³-hybridized carbons (Fsp3) is 1.00. The second-order valence-corrected chi connectivity index (χ2v) is 7.31. The van der Waals surface area contributed by atoms with Crippen molar-refractivity contribution in [3.8, 4) is 0 Å². The standard InChI is InChI=1S/C11H22N2O3S/c1-12-6-9-4-2-3-5-13(9)10-7-17(15,16)8-11(10)14/h9-12,14H,2-8H2,1H3. The van der Waals surface area contributed by atoms with Crippen molar-refractivity contribution in [2.75, 3.05) is 31.6 Å². The van der Waals surface area contributed by atoms with E-state index in [9.17, 15) is 13.5 Å². The molecule has 2 N–H and O–H groups in total. The second-order valence-electron chi connectivity index (χ2n) is 5.16. The number of nitrogens with zero attached hydrogens (tertiary/aromatic N) is 1. The van der Waals surface area contributed by atoms with Gasteiger partial charge in [0.05, 0.1) is 23.7 Å². The van der Waals surface area contributed by atoms with E-state index in [1.807, 2.05) is 7.05 Å². The van der Waals surface area contributed by atoms with Crippen LogP contribution in [-0.2, 0) is 9.84 Å². The van der Waals surface area contributed by atoms with Crippen LogP contribution >= 0.6 is 0 Å². The van der Waals surface area contributed by atoms with Crippen LogP contribution in [0, 0.1) is 0 Å². The summed E-state index contributed by atoms with van der Waals surface area (Å²) < 4.78 is 23.1. The van der Waals surface area contributed by atoms with Gasteiger partial charge in [-0.15, -0.1) is 0 Å². The van der Waals surface area contributed by atoms with Crippen LogP contribution < -0.4 is 5.32 Å². The highest BCUT2D eigenvalue weighted by Crippen LogP contribution is 2.25. The second kappa shape index (κ2) is 5.22. The Morgan fingerprint density at radius 2 is 2.12 bits per heavy atom. The number of hydrogen-bond acceptors (Lipinski definition) is 5. The zero-order chi connectivity index (χ0) is 12.5. The zero-order valence-corrected chi connectivity index (χ0v) is 11.1. The minimum Gasteiger partial charge on any atom is -0.390 e. The van der Waals surface area contributed by atoms with Crippen LogP contribution in [0.15, 0.2) is 0 Å². The van der Waals surface area contributed by atoms with E-state index in [-0.39, 0.29) is 17.5 Å². The van der Waals surface area contributed by atoms with Crippen molar-refractivity contribution in [3.63, 3.8) is 0 Å². The molecule has 2 aliphatic heterocycles. The van der Waals surface area contributed by atoms with Crippen LogP contribution in [0.3, 0.4) is 0 Å². The molecule has 2 aliphatic rings. The highest BCUT2D eigenvalue weighted by atomic mass is 32.2. The molecule has 2 rings (SSSR count). The van der Waals surface area contributed by atoms with Gasteiger partial charge >= 0.3 is 0 Å². The monoisotopic (exact) mass is 262 g/mol. The summed E-state index contributed by atoms with van der Waals surface area (Å²) in [5.41, 5.74) is 0. The van der Waals surface area contributed by atoms with Crippen LogP contribution in [0.2, 0.25) is 0 Å². The van der Waals surface area contributed by atoms with Gasteiger partial charge in [-0.3, -0.25) is 4.90 Å². The number of likely N-dealkylation sites (N-methyl/N-ethyl adjacent to an activating group) is 1. The highest BCUT2D eigenvalue weighted by Gasteiger charge is 2.42. The van der Waals surface area contributed by atoms with Gasteiger partial charge in [0.2, 0.25) is 0 Å². The van der Waals surface area contributed by atoms with Crippen molar-refractivity contribution in [1.82, 2.24) is 10.2 Å². The van der Waals surface area contributed by atoms with Crippen LogP contribution in [0.25, 0.3) is 0 Å². The van der Waals surface area contributed by atoms with Crippen LogP contribution in [0.1, 0.15) is 19.3 Å². The van der Waals surface area contributed by atoms with E-state index in [1.54, 1.807) is 0 Å². The molecule has 0 amide bonds. The van der Waals surface area contributed by atoms with Crippen molar-refractivity contribution < 1.29 is 13.5 Å². The van der Waals surface area contributed by atoms with Gasteiger partial charge in [-0.1, -0.05) is 6.42 Å². The van der Waals surface area contributed by atoms with E-state index in [1.165, 1.54) is 6.42 Å². The Kier molecular flexibility index (Phi) is 4.07. The largest absolute Gasteiger partial charge is 0.390 e. The molecule has 0 radical (unpaired) electrons. The molecule has 2 saturated heterocycles. The normalized spacial score (nSPS) is 38.4. The van der Waals surface area contributed by atoms with Crippen LogP contribution in [0.5, 0.6) is 0 Å². The molecule has 6 heteroatoms. The number of aliphatic hydroxyl groups is 1. The number of piperidine rings is 1. The topological polar surface area (TPSA) is 69.6 Å². The van der Waals surface area contributed by atoms with Gasteiger partial charge < -0.3 is 10.4 Å². The average molecular weight is 262 g/mol. The Morgan fingerprint density at radius 3 is 2.71 bits per heavy atom. The Bertz CT molecular complexity index is 356.